The number of hydrogen-bond acceptors (Lipinski definition) is 5. The Bertz CT molecular complexity index is 529. The highest BCUT2D eigenvalue weighted by Gasteiger charge is 2.29. The zero-order valence-corrected chi connectivity index (χ0v) is 12.8. The van der Waals surface area contributed by atoms with Crippen LogP contribution >= 0.6 is 0 Å². The number of amides is 1. The fourth-order valence-electron chi connectivity index (χ4n) is 2.44. The molecular formula is C15H23N5O. The van der Waals surface area contributed by atoms with Crippen molar-refractivity contribution < 1.29 is 4.79 Å². The molecule has 1 N–H and O–H groups in total. The summed E-state index contributed by atoms with van der Waals surface area (Å²) in [5.41, 5.74) is 0. The number of rotatable bonds is 5. The molecule has 0 atom stereocenters. The smallest absolute Gasteiger partial charge is 0.241 e. The second-order valence-corrected chi connectivity index (χ2v) is 5.91. The number of likely N-dealkylation sites (N-methyl/N-ethyl adjacent to an activating group) is 1. The van der Waals surface area contributed by atoms with Crippen molar-refractivity contribution in [1.29, 1.82) is 0 Å². The van der Waals surface area contributed by atoms with E-state index < -0.39 is 0 Å². The van der Waals surface area contributed by atoms with E-state index in [4.69, 9.17) is 4.98 Å². The fourth-order valence-corrected chi connectivity index (χ4v) is 2.44. The molecule has 2 aliphatic rings. The predicted molar refractivity (Wildman–Crippen MR) is 82.6 cm³/mol. The van der Waals surface area contributed by atoms with E-state index in [1.165, 1.54) is 12.8 Å². The number of anilines is 2. The Hall–Kier alpha value is -1.85. The molecule has 1 aliphatic heterocycles. The summed E-state index contributed by atoms with van der Waals surface area (Å²) >= 11 is 0. The summed E-state index contributed by atoms with van der Waals surface area (Å²) in [4.78, 5) is 25.0. The molecule has 1 amide bonds. The lowest BCUT2D eigenvalue weighted by molar-refractivity contribution is -0.129. The summed E-state index contributed by atoms with van der Waals surface area (Å²) in [7, 11) is 1.85. The van der Waals surface area contributed by atoms with E-state index in [2.05, 4.69) is 22.1 Å². The van der Waals surface area contributed by atoms with E-state index >= 15 is 0 Å². The van der Waals surface area contributed by atoms with Gasteiger partial charge in [0, 0.05) is 38.7 Å². The second-order valence-electron chi connectivity index (χ2n) is 5.91. The van der Waals surface area contributed by atoms with Crippen LogP contribution in [0.5, 0.6) is 0 Å². The molecule has 1 saturated carbocycles. The van der Waals surface area contributed by atoms with E-state index in [0.717, 1.165) is 43.5 Å². The van der Waals surface area contributed by atoms with E-state index in [1.54, 1.807) is 4.90 Å². The Kier molecular flexibility index (Phi) is 3.94. The average molecular weight is 289 g/mol. The number of aromatic nitrogens is 2. The quantitative estimate of drug-likeness (QED) is 0.889. The largest absolute Gasteiger partial charge is 0.370 e. The van der Waals surface area contributed by atoms with Crippen LogP contribution in [-0.2, 0) is 4.79 Å². The number of carbonyl (C=O) groups is 1. The summed E-state index contributed by atoms with van der Waals surface area (Å²) in [5, 5.41) is 3.34. The van der Waals surface area contributed by atoms with Crippen molar-refractivity contribution in [1.82, 2.24) is 14.9 Å². The van der Waals surface area contributed by atoms with Gasteiger partial charge in [0.05, 0.1) is 6.54 Å². The summed E-state index contributed by atoms with van der Waals surface area (Å²) in [6.07, 6.45) is 3.42. The van der Waals surface area contributed by atoms with Crippen LogP contribution in [0.2, 0.25) is 0 Å². The van der Waals surface area contributed by atoms with Gasteiger partial charge in [-0.15, -0.1) is 0 Å². The minimum absolute atomic E-state index is 0.149. The minimum atomic E-state index is 0.149. The van der Waals surface area contributed by atoms with Gasteiger partial charge >= 0.3 is 0 Å². The molecule has 0 unspecified atom stereocenters. The Morgan fingerprint density at radius 3 is 2.81 bits per heavy atom. The molecule has 2 heterocycles. The third-order valence-electron chi connectivity index (χ3n) is 4.01. The molecule has 1 aromatic rings. The van der Waals surface area contributed by atoms with Crippen molar-refractivity contribution in [2.75, 3.05) is 43.4 Å². The third-order valence-corrected chi connectivity index (χ3v) is 4.01. The lowest BCUT2D eigenvalue weighted by Gasteiger charge is -2.33. The molecule has 3 rings (SSSR count). The topological polar surface area (TPSA) is 61.4 Å². The van der Waals surface area contributed by atoms with Crippen LogP contribution in [0, 0.1) is 0 Å². The Morgan fingerprint density at radius 2 is 2.14 bits per heavy atom. The van der Waals surface area contributed by atoms with Gasteiger partial charge in [-0.1, -0.05) is 6.92 Å². The number of nitrogens with zero attached hydrogens (tertiary/aromatic N) is 4. The van der Waals surface area contributed by atoms with Crippen molar-refractivity contribution >= 4 is 17.5 Å². The molecule has 0 aromatic carbocycles. The van der Waals surface area contributed by atoms with Gasteiger partial charge in [0.25, 0.3) is 0 Å². The van der Waals surface area contributed by atoms with Gasteiger partial charge in [0.15, 0.2) is 0 Å². The summed E-state index contributed by atoms with van der Waals surface area (Å²) in [5.74, 6) is 3.35. The maximum Gasteiger partial charge on any atom is 0.241 e. The second kappa shape index (κ2) is 5.87. The first-order chi connectivity index (χ1) is 10.2. The monoisotopic (exact) mass is 289 g/mol. The molecule has 1 aliphatic carbocycles. The van der Waals surface area contributed by atoms with Crippen molar-refractivity contribution in [2.45, 2.75) is 32.1 Å². The molecule has 1 aromatic heterocycles. The van der Waals surface area contributed by atoms with Crippen LogP contribution < -0.4 is 10.2 Å². The minimum Gasteiger partial charge on any atom is -0.370 e. The van der Waals surface area contributed by atoms with Crippen molar-refractivity contribution in [3.63, 3.8) is 0 Å². The van der Waals surface area contributed by atoms with Gasteiger partial charge in [-0.05, 0) is 19.3 Å². The Labute approximate surface area is 125 Å². The van der Waals surface area contributed by atoms with E-state index in [9.17, 15) is 4.79 Å². The highest BCUT2D eigenvalue weighted by molar-refractivity contribution is 5.82. The van der Waals surface area contributed by atoms with Gasteiger partial charge in [-0.3, -0.25) is 4.79 Å². The molecule has 0 radical (unpaired) electrons. The Balaban J connectivity index is 1.82. The molecule has 6 heteroatoms. The van der Waals surface area contributed by atoms with Gasteiger partial charge < -0.3 is 15.1 Å². The molecule has 1 saturated heterocycles. The van der Waals surface area contributed by atoms with Crippen LogP contribution in [0.25, 0.3) is 0 Å². The van der Waals surface area contributed by atoms with E-state index in [-0.39, 0.29) is 5.91 Å². The molecule has 0 spiro atoms. The summed E-state index contributed by atoms with van der Waals surface area (Å²) < 4.78 is 0. The van der Waals surface area contributed by atoms with Crippen molar-refractivity contribution in [2.24, 2.45) is 0 Å². The zero-order valence-electron chi connectivity index (χ0n) is 12.8. The number of piperazine rings is 1. The molecule has 0 bridgehead atoms. The van der Waals surface area contributed by atoms with E-state index in [0.29, 0.717) is 12.5 Å². The molecular weight excluding hydrogens is 266 g/mol. The van der Waals surface area contributed by atoms with Crippen LogP contribution in [0.15, 0.2) is 6.07 Å². The third kappa shape index (κ3) is 3.25. The van der Waals surface area contributed by atoms with Crippen LogP contribution in [0.1, 0.15) is 37.9 Å². The highest BCUT2D eigenvalue weighted by atomic mass is 16.2. The SMILES string of the molecule is CCCNc1cc(N2CCN(C)C(=O)C2)nc(C2CC2)n1. The van der Waals surface area contributed by atoms with Gasteiger partial charge in [0.2, 0.25) is 5.91 Å². The number of hydrogen-bond donors (Lipinski definition) is 1. The molecule has 21 heavy (non-hydrogen) atoms. The van der Waals surface area contributed by atoms with Crippen LogP contribution in [0.4, 0.5) is 11.6 Å². The summed E-state index contributed by atoms with van der Waals surface area (Å²) in [6, 6.07) is 1.97. The molecule has 6 nitrogen and oxygen atoms in total. The lowest BCUT2D eigenvalue weighted by atomic mass is 10.3. The Morgan fingerprint density at radius 1 is 1.33 bits per heavy atom. The maximum absolute atomic E-state index is 11.9. The van der Waals surface area contributed by atoms with E-state index in [1.807, 2.05) is 13.1 Å². The lowest BCUT2D eigenvalue weighted by Crippen LogP contribution is -2.48. The van der Waals surface area contributed by atoms with Gasteiger partial charge in [-0.25, -0.2) is 9.97 Å². The molecule has 114 valence electrons. The van der Waals surface area contributed by atoms with Gasteiger partial charge in [0.1, 0.15) is 17.5 Å². The average Bonchev–Trinajstić information content (AvgIpc) is 3.32. The molecule has 2 fully saturated rings. The van der Waals surface area contributed by atoms with Crippen LogP contribution in [0.3, 0.4) is 0 Å². The van der Waals surface area contributed by atoms with Crippen molar-refractivity contribution in [3.8, 4) is 0 Å². The zero-order chi connectivity index (χ0) is 14.8. The highest BCUT2D eigenvalue weighted by Crippen LogP contribution is 2.39. The normalized spacial score (nSPS) is 19.0. The van der Waals surface area contributed by atoms with Crippen LogP contribution in [-0.4, -0.2) is 54.0 Å². The maximum atomic E-state index is 11.9. The summed E-state index contributed by atoms with van der Waals surface area (Å²) in [6.45, 7) is 5.03. The first-order valence-corrected chi connectivity index (χ1v) is 7.79. The number of nitrogens with one attached hydrogen (secondary N) is 1. The van der Waals surface area contributed by atoms with Crippen molar-refractivity contribution in [3.05, 3.63) is 11.9 Å². The fraction of sp³-hybridized carbons (Fsp3) is 0.667. The predicted octanol–water partition coefficient (Wildman–Crippen LogP) is 1.45. The first-order valence-electron chi connectivity index (χ1n) is 7.79. The number of carbonyl (C=O) groups excluding carboxylic acids is 1. The van der Waals surface area contributed by atoms with Gasteiger partial charge in [-0.2, -0.15) is 0 Å². The first kappa shape index (κ1) is 14.1. The standard InChI is InChI=1S/C15H23N5O/c1-3-6-16-12-9-13(18-15(17-12)11-4-5-11)20-8-7-19(2)14(21)10-20/h9,11H,3-8,10H2,1-2H3,(H,16,17,18).